The molecule has 1 heterocycles. The number of amides is 1. The van der Waals surface area contributed by atoms with Crippen LogP contribution in [-0.4, -0.2) is 27.4 Å². The first kappa shape index (κ1) is 21.7. The first-order valence-electron chi connectivity index (χ1n) is 9.78. The van der Waals surface area contributed by atoms with E-state index in [9.17, 15) is 13.2 Å². The fourth-order valence-electron chi connectivity index (χ4n) is 3.72. The Kier molecular flexibility index (Phi) is 6.23. The maximum atomic E-state index is 13.5. The van der Waals surface area contributed by atoms with E-state index in [2.05, 4.69) is 0 Å². The van der Waals surface area contributed by atoms with Crippen molar-refractivity contribution in [2.24, 2.45) is 0 Å². The van der Waals surface area contributed by atoms with E-state index in [1.54, 1.807) is 23.1 Å². The van der Waals surface area contributed by atoms with E-state index in [-0.39, 0.29) is 33.1 Å². The van der Waals surface area contributed by atoms with Crippen LogP contribution in [0.4, 0.5) is 11.4 Å². The second-order valence-electron chi connectivity index (χ2n) is 7.23. The zero-order valence-corrected chi connectivity index (χ0v) is 18.9. The lowest BCUT2D eigenvalue weighted by molar-refractivity contribution is -0.117. The number of rotatable bonds is 5. The Hall–Kier alpha value is -2.54. The van der Waals surface area contributed by atoms with Crippen molar-refractivity contribution in [2.45, 2.75) is 17.7 Å². The molecule has 0 saturated heterocycles. The third kappa shape index (κ3) is 4.56. The third-order valence-corrected chi connectivity index (χ3v) is 7.38. The molecule has 3 aromatic rings. The van der Waals surface area contributed by atoms with Crippen molar-refractivity contribution in [3.05, 3.63) is 88.4 Å². The molecule has 3 aromatic carbocycles. The van der Waals surface area contributed by atoms with Gasteiger partial charge in [-0.1, -0.05) is 59.6 Å². The molecule has 8 heteroatoms. The number of sulfonamides is 1. The highest BCUT2D eigenvalue weighted by Crippen LogP contribution is 2.31. The van der Waals surface area contributed by atoms with E-state index in [1.807, 2.05) is 24.3 Å². The van der Waals surface area contributed by atoms with Gasteiger partial charge in [-0.3, -0.25) is 9.10 Å². The fraction of sp³-hybridized carbons (Fsp3) is 0.174. The van der Waals surface area contributed by atoms with Crippen LogP contribution in [0.1, 0.15) is 12.0 Å². The van der Waals surface area contributed by atoms with E-state index in [0.717, 1.165) is 28.4 Å². The molecule has 1 amide bonds. The summed E-state index contributed by atoms with van der Waals surface area (Å²) in [7, 11) is -4.03. The molecule has 0 saturated carbocycles. The number of carbonyl (C=O) groups is 1. The molecular formula is C23H20Cl2N2O3S. The molecule has 0 unspecified atom stereocenters. The van der Waals surface area contributed by atoms with E-state index in [4.69, 9.17) is 23.2 Å². The van der Waals surface area contributed by atoms with Crippen molar-refractivity contribution in [3.8, 4) is 0 Å². The lowest BCUT2D eigenvalue weighted by Crippen LogP contribution is -2.45. The van der Waals surface area contributed by atoms with Gasteiger partial charge in [-0.15, -0.1) is 0 Å². The predicted molar refractivity (Wildman–Crippen MR) is 125 cm³/mol. The average Bonchev–Trinajstić information content (AvgIpc) is 2.76. The van der Waals surface area contributed by atoms with Gasteiger partial charge in [0.1, 0.15) is 6.54 Å². The molecule has 1 aliphatic heterocycles. The molecule has 4 rings (SSSR count). The van der Waals surface area contributed by atoms with Gasteiger partial charge in [-0.05, 0) is 54.8 Å². The Morgan fingerprint density at radius 1 is 0.935 bits per heavy atom. The van der Waals surface area contributed by atoms with Crippen LogP contribution in [0.2, 0.25) is 10.0 Å². The van der Waals surface area contributed by atoms with Crippen molar-refractivity contribution in [2.75, 3.05) is 22.3 Å². The first-order chi connectivity index (χ1) is 14.9. The van der Waals surface area contributed by atoms with Gasteiger partial charge < -0.3 is 4.90 Å². The number of anilines is 2. The van der Waals surface area contributed by atoms with Crippen molar-refractivity contribution >= 4 is 50.5 Å². The number of benzene rings is 3. The minimum atomic E-state index is -4.03. The van der Waals surface area contributed by atoms with Gasteiger partial charge in [0.05, 0.1) is 10.6 Å². The van der Waals surface area contributed by atoms with Crippen molar-refractivity contribution in [1.82, 2.24) is 0 Å². The summed E-state index contributed by atoms with van der Waals surface area (Å²) in [5.41, 5.74) is 2.13. The second kappa shape index (κ2) is 8.91. The molecule has 0 spiro atoms. The summed E-state index contributed by atoms with van der Waals surface area (Å²) in [4.78, 5) is 15.1. The summed E-state index contributed by atoms with van der Waals surface area (Å²) >= 11 is 12.3. The van der Waals surface area contributed by atoms with Gasteiger partial charge in [-0.25, -0.2) is 8.42 Å². The molecule has 160 valence electrons. The predicted octanol–water partition coefficient (Wildman–Crippen LogP) is 5.17. The van der Waals surface area contributed by atoms with Crippen molar-refractivity contribution in [1.29, 1.82) is 0 Å². The molecule has 31 heavy (non-hydrogen) atoms. The molecule has 0 aromatic heterocycles. The standard InChI is InChI=1S/C23H20Cl2N2O3S/c24-18-13-19(25)15-20(14-18)27(31(29,30)21-9-2-1-3-10-21)16-23(28)26-12-6-8-17-7-4-5-11-22(17)26/h1-5,7,9-11,13-15H,6,8,12,16H2. The number of carbonyl (C=O) groups excluding carboxylic acids is 1. The van der Waals surface area contributed by atoms with Crippen LogP contribution in [-0.2, 0) is 21.2 Å². The van der Waals surface area contributed by atoms with Gasteiger partial charge >= 0.3 is 0 Å². The maximum absolute atomic E-state index is 13.5. The lowest BCUT2D eigenvalue weighted by atomic mass is 10.0. The molecule has 0 radical (unpaired) electrons. The Morgan fingerprint density at radius 2 is 1.58 bits per heavy atom. The fourth-order valence-corrected chi connectivity index (χ4v) is 5.65. The van der Waals surface area contributed by atoms with Crippen LogP contribution in [0.15, 0.2) is 77.7 Å². The van der Waals surface area contributed by atoms with E-state index in [1.165, 1.54) is 30.3 Å². The number of nitrogens with zero attached hydrogens (tertiary/aromatic N) is 2. The van der Waals surface area contributed by atoms with Crippen LogP contribution in [0.25, 0.3) is 0 Å². The Morgan fingerprint density at radius 3 is 2.29 bits per heavy atom. The Labute approximate surface area is 191 Å². The number of fused-ring (bicyclic) bond motifs is 1. The Balaban J connectivity index is 1.75. The van der Waals surface area contributed by atoms with Crippen LogP contribution in [0, 0.1) is 0 Å². The minimum Gasteiger partial charge on any atom is -0.311 e. The van der Waals surface area contributed by atoms with E-state index < -0.39 is 10.0 Å². The highest BCUT2D eigenvalue weighted by molar-refractivity contribution is 7.92. The molecule has 0 fully saturated rings. The largest absolute Gasteiger partial charge is 0.311 e. The van der Waals surface area contributed by atoms with Gasteiger partial charge in [0.15, 0.2) is 0 Å². The summed E-state index contributed by atoms with van der Waals surface area (Å²) in [5.74, 6) is -0.317. The number of hydrogen-bond donors (Lipinski definition) is 0. The number of aryl methyl sites for hydroxylation is 1. The van der Waals surface area contributed by atoms with Crippen molar-refractivity contribution in [3.63, 3.8) is 0 Å². The quantitative estimate of drug-likeness (QED) is 0.512. The van der Waals surface area contributed by atoms with Crippen LogP contribution >= 0.6 is 23.2 Å². The second-order valence-corrected chi connectivity index (χ2v) is 9.97. The normalized spacial score (nSPS) is 13.5. The minimum absolute atomic E-state index is 0.0814. The molecular weight excluding hydrogens is 455 g/mol. The number of halogens is 2. The molecule has 5 nitrogen and oxygen atoms in total. The van der Waals surface area contributed by atoms with E-state index in [0.29, 0.717) is 6.54 Å². The third-order valence-electron chi connectivity index (χ3n) is 5.16. The monoisotopic (exact) mass is 474 g/mol. The summed E-state index contributed by atoms with van der Waals surface area (Å²) in [6.07, 6.45) is 1.70. The van der Waals surface area contributed by atoms with Crippen LogP contribution in [0.5, 0.6) is 0 Å². The molecule has 0 aliphatic carbocycles. The maximum Gasteiger partial charge on any atom is 0.264 e. The zero-order chi connectivity index (χ0) is 22.0. The molecule has 0 bridgehead atoms. The molecule has 1 aliphatic rings. The zero-order valence-electron chi connectivity index (χ0n) is 16.5. The summed E-state index contributed by atoms with van der Waals surface area (Å²) in [6, 6.07) is 20.2. The van der Waals surface area contributed by atoms with Crippen LogP contribution < -0.4 is 9.21 Å². The highest BCUT2D eigenvalue weighted by atomic mass is 35.5. The molecule has 0 atom stereocenters. The lowest BCUT2D eigenvalue weighted by Gasteiger charge is -2.32. The van der Waals surface area contributed by atoms with Gasteiger partial charge in [0, 0.05) is 22.3 Å². The summed E-state index contributed by atoms with van der Waals surface area (Å²) in [6.45, 7) is 0.160. The van der Waals surface area contributed by atoms with Gasteiger partial charge in [-0.2, -0.15) is 0 Å². The smallest absolute Gasteiger partial charge is 0.264 e. The van der Waals surface area contributed by atoms with Crippen molar-refractivity contribution < 1.29 is 13.2 Å². The van der Waals surface area contributed by atoms with Gasteiger partial charge in [0.25, 0.3) is 10.0 Å². The molecule has 0 N–H and O–H groups in total. The van der Waals surface area contributed by atoms with Crippen LogP contribution in [0.3, 0.4) is 0 Å². The average molecular weight is 475 g/mol. The topological polar surface area (TPSA) is 57.7 Å². The van der Waals surface area contributed by atoms with Gasteiger partial charge in [0.2, 0.25) is 5.91 Å². The summed E-state index contributed by atoms with van der Waals surface area (Å²) in [5, 5.41) is 0.568. The highest BCUT2D eigenvalue weighted by Gasteiger charge is 2.31. The SMILES string of the molecule is O=C(CN(c1cc(Cl)cc(Cl)c1)S(=O)(=O)c1ccccc1)N1CCCc2ccccc21. The number of hydrogen-bond acceptors (Lipinski definition) is 3. The summed E-state index contributed by atoms with van der Waals surface area (Å²) < 4.78 is 28.0. The first-order valence-corrected chi connectivity index (χ1v) is 12.0. The van der Waals surface area contributed by atoms with E-state index >= 15 is 0 Å². The Bertz CT molecular complexity index is 1200. The number of para-hydroxylation sites is 1.